The molecule has 0 saturated heterocycles. The van der Waals surface area contributed by atoms with Gasteiger partial charge >= 0.3 is 5.97 Å². The van der Waals surface area contributed by atoms with Crippen LogP contribution in [0.15, 0.2) is 34.9 Å². The second-order valence-corrected chi connectivity index (χ2v) is 4.57. The van der Waals surface area contributed by atoms with Crippen molar-refractivity contribution in [3.05, 3.63) is 53.0 Å². The number of carbonyl (C=O) groups is 2. The molecule has 1 aromatic heterocycles. The van der Waals surface area contributed by atoms with Crippen LogP contribution in [0.25, 0.3) is 0 Å². The van der Waals surface area contributed by atoms with Gasteiger partial charge in [-0.15, -0.1) is 0 Å². The lowest BCUT2D eigenvalue weighted by Crippen LogP contribution is -2.17. The topological polar surface area (TPSA) is 91.6 Å². The molecule has 0 unspecified atom stereocenters. The average molecular weight is 288 g/mol. The zero-order valence-electron chi connectivity index (χ0n) is 11.8. The van der Waals surface area contributed by atoms with Crippen molar-refractivity contribution in [2.24, 2.45) is 0 Å². The van der Waals surface area contributed by atoms with Gasteiger partial charge in [-0.3, -0.25) is 4.79 Å². The van der Waals surface area contributed by atoms with Crippen molar-refractivity contribution >= 4 is 17.6 Å². The molecule has 3 N–H and O–H groups in total. The Balaban J connectivity index is 2.06. The molecule has 1 amide bonds. The molecule has 0 radical (unpaired) electrons. The van der Waals surface area contributed by atoms with Crippen LogP contribution in [0.5, 0.6) is 0 Å². The van der Waals surface area contributed by atoms with Crippen molar-refractivity contribution in [2.75, 3.05) is 12.4 Å². The maximum Gasteiger partial charge on any atom is 0.338 e. The molecule has 2 aromatic rings. The molecule has 110 valence electrons. The van der Waals surface area contributed by atoms with E-state index in [2.05, 4.69) is 10.6 Å². The molecule has 0 aliphatic carbocycles. The number of amides is 1. The molecule has 0 bridgehead atoms. The highest BCUT2D eigenvalue weighted by atomic mass is 16.4. The molecule has 0 atom stereocenters. The fourth-order valence-corrected chi connectivity index (χ4v) is 1.92. The Labute approximate surface area is 121 Å². The van der Waals surface area contributed by atoms with Gasteiger partial charge in [0, 0.05) is 18.3 Å². The second-order valence-electron chi connectivity index (χ2n) is 4.57. The van der Waals surface area contributed by atoms with Gasteiger partial charge in [0.25, 0.3) is 5.91 Å². The van der Waals surface area contributed by atoms with Crippen LogP contribution in [0.1, 0.15) is 32.0 Å². The number of carboxylic acids is 1. The first-order valence-electron chi connectivity index (χ1n) is 6.38. The lowest BCUT2D eigenvalue weighted by Gasteiger charge is -2.09. The summed E-state index contributed by atoms with van der Waals surface area (Å²) < 4.78 is 5.16. The van der Waals surface area contributed by atoms with E-state index in [0.29, 0.717) is 17.9 Å². The van der Waals surface area contributed by atoms with Crippen molar-refractivity contribution in [1.29, 1.82) is 0 Å². The van der Waals surface area contributed by atoms with Crippen LogP contribution in [0.2, 0.25) is 0 Å². The molecule has 1 aromatic carbocycles. The summed E-state index contributed by atoms with van der Waals surface area (Å²) >= 11 is 0. The van der Waals surface area contributed by atoms with Crippen molar-refractivity contribution in [2.45, 2.75) is 13.5 Å². The second kappa shape index (κ2) is 6.13. The Kier molecular flexibility index (Phi) is 4.27. The van der Waals surface area contributed by atoms with E-state index in [4.69, 9.17) is 9.52 Å². The third-order valence-corrected chi connectivity index (χ3v) is 3.07. The minimum absolute atomic E-state index is 0.124. The number of carboxylic acid groups (broad SMARTS) is 1. The standard InChI is InChI=1S/C15H16N2O4/c1-9-5-10(14(18)16-2)3-4-13(9)17-7-12-6-11(8-21-12)15(19)20/h3-6,8,17H,7H2,1-2H3,(H,16,18)(H,19,20). The molecule has 0 spiro atoms. The molecule has 0 aliphatic rings. The van der Waals surface area contributed by atoms with E-state index in [0.717, 1.165) is 11.3 Å². The average Bonchev–Trinajstić information content (AvgIpc) is 2.94. The number of furan rings is 1. The molecule has 21 heavy (non-hydrogen) atoms. The van der Waals surface area contributed by atoms with Gasteiger partial charge in [-0.2, -0.15) is 0 Å². The maximum atomic E-state index is 11.5. The number of hydrogen-bond donors (Lipinski definition) is 3. The first-order valence-corrected chi connectivity index (χ1v) is 6.38. The number of benzene rings is 1. The van der Waals surface area contributed by atoms with E-state index in [1.54, 1.807) is 25.2 Å². The molecule has 0 saturated carbocycles. The monoisotopic (exact) mass is 288 g/mol. The SMILES string of the molecule is CNC(=O)c1ccc(NCc2cc(C(=O)O)co2)c(C)c1. The molecule has 6 nitrogen and oxygen atoms in total. The zero-order valence-corrected chi connectivity index (χ0v) is 11.8. The van der Waals surface area contributed by atoms with E-state index >= 15 is 0 Å². The van der Waals surface area contributed by atoms with Crippen molar-refractivity contribution in [3.8, 4) is 0 Å². The largest absolute Gasteiger partial charge is 0.478 e. The lowest BCUT2D eigenvalue weighted by molar-refractivity contribution is 0.0696. The van der Waals surface area contributed by atoms with Gasteiger partial charge in [0.15, 0.2) is 0 Å². The van der Waals surface area contributed by atoms with E-state index in [1.165, 1.54) is 12.3 Å². The minimum Gasteiger partial charge on any atom is -0.478 e. The fraction of sp³-hybridized carbons (Fsp3) is 0.200. The molecular weight excluding hydrogens is 272 g/mol. The Morgan fingerprint density at radius 3 is 2.57 bits per heavy atom. The highest BCUT2D eigenvalue weighted by Crippen LogP contribution is 2.18. The van der Waals surface area contributed by atoms with Gasteiger partial charge in [-0.05, 0) is 36.8 Å². The van der Waals surface area contributed by atoms with Crippen LogP contribution in [-0.4, -0.2) is 24.0 Å². The highest BCUT2D eigenvalue weighted by Gasteiger charge is 2.09. The van der Waals surface area contributed by atoms with Gasteiger partial charge < -0.3 is 20.2 Å². The molecule has 0 aliphatic heterocycles. The number of aromatic carboxylic acids is 1. The number of rotatable bonds is 5. The molecule has 6 heteroatoms. The maximum absolute atomic E-state index is 11.5. The summed E-state index contributed by atoms with van der Waals surface area (Å²) in [6.07, 6.45) is 1.21. The quantitative estimate of drug-likeness (QED) is 0.785. The lowest BCUT2D eigenvalue weighted by atomic mass is 10.1. The van der Waals surface area contributed by atoms with Gasteiger partial charge in [0.2, 0.25) is 0 Å². The van der Waals surface area contributed by atoms with Crippen molar-refractivity contribution < 1.29 is 19.1 Å². The number of aryl methyl sites for hydroxylation is 1. The summed E-state index contributed by atoms with van der Waals surface area (Å²) in [7, 11) is 1.58. The summed E-state index contributed by atoms with van der Waals surface area (Å²) in [4.78, 5) is 22.3. The normalized spacial score (nSPS) is 10.2. The minimum atomic E-state index is -1.02. The van der Waals surface area contributed by atoms with Crippen LogP contribution in [-0.2, 0) is 6.54 Å². The van der Waals surface area contributed by atoms with Gasteiger partial charge in [0.05, 0.1) is 12.1 Å². The summed E-state index contributed by atoms with van der Waals surface area (Å²) in [5, 5.41) is 14.5. The van der Waals surface area contributed by atoms with Crippen molar-refractivity contribution in [1.82, 2.24) is 5.32 Å². The molecule has 1 heterocycles. The fourth-order valence-electron chi connectivity index (χ4n) is 1.92. The first kappa shape index (κ1) is 14.6. The third-order valence-electron chi connectivity index (χ3n) is 3.07. The smallest absolute Gasteiger partial charge is 0.338 e. The number of carbonyl (C=O) groups excluding carboxylic acids is 1. The third kappa shape index (κ3) is 3.42. The van der Waals surface area contributed by atoms with E-state index in [9.17, 15) is 9.59 Å². The van der Waals surface area contributed by atoms with Crippen LogP contribution in [0.4, 0.5) is 5.69 Å². The number of anilines is 1. The van der Waals surface area contributed by atoms with Gasteiger partial charge in [0.1, 0.15) is 12.0 Å². The summed E-state index contributed by atoms with van der Waals surface area (Å²) in [6, 6.07) is 6.79. The summed E-state index contributed by atoms with van der Waals surface area (Å²) in [5.74, 6) is -0.625. The Morgan fingerprint density at radius 1 is 1.24 bits per heavy atom. The van der Waals surface area contributed by atoms with Crippen LogP contribution in [0.3, 0.4) is 0 Å². The van der Waals surface area contributed by atoms with E-state index in [-0.39, 0.29) is 11.5 Å². The van der Waals surface area contributed by atoms with Gasteiger partial charge in [-0.1, -0.05) is 0 Å². The Morgan fingerprint density at radius 2 is 2.00 bits per heavy atom. The van der Waals surface area contributed by atoms with Crippen LogP contribution >= 0.6 is 0 Å². The predicted octanol–water partition coefficient (Wildman–Crippen LogP) is 2.26. The van der Waals surface area contributed by atoms with E-state index in [1.807, 2.05) is 6.92 Å². The Hall–Kier alpha value is -2.76. The predicted molar refractivity (Wildman–Crippen MR) is 77.6 cm³/mol. The molecular formula is C15H16N2O4. The highest BCUT2D eigenvalue weighted by molar-refractivity contribution is 5.94. The summed E-state index contributed by atoms with van der Waals surface area (Å²) in [5.41, 5.74) is 2.49. The zero-order chi connectivity index (χ0) is 15.4. The number of nitrogens with one attached hydrogen (secondary N) is 2. The first-order chi connectivity index (χ1) is 10.0. The van der Waals surface area contributed by atoms with Crippen molar-refractivity contribution in [3.63, 3.8) is 0 Å². The van der Waals surface area contributed by atoms with Crippen LogP contribution in [0, 0.1) is 6.92 Å². The van der Waals surface area contributed by atoms with E-state index < -0.39 is 5.97 Å². The molecule has 0 fully saturated rings. The van der Waals surface area contributed by atoms with Gasteiger partial charge in [-0.25, -0.2) is 4.79 Å². The molecule has 2 rings (SSSR count). The van der Waals surface area contributed by atoms with Crippen LogP contribution < -0.4 is 10.6 Å². The summed E-state index contributed by atoms with van der Waals surface area (Å²) in [6.45, 7) is 2.26. The Bertz CT molecular complexity index is 676. The number of hydrogen-bond acceptors (Lipinski definition) is 4.